The van der Waals surface area contributed by atoms with Gasteiger partial charge in [0, 0.05) is 21.3 Å². The number of amides is 1. The van der Waals surface area contributed by atoms with Crippen LogP contribution in [0.15, 0.2) is 78.9 Å². The molecule has 1 atom stereocenters. The number of anilines is 2. The van der Waals surface area contributed by atoms with Gasteiger partial charge >= 0.3 is 0 Å². The zero-order valence-electron chi connectivity index (χ0n) is 18.0. The summed E-state index contributed by atoms with van der Waals surface area (Å²) in [4.78, 5) is 17.3. The quantitative estimate of drug-likeness (QED) is 0.363. The van der Waals surface area contributed by atoms with Gasteiger partial charge in [-0.25, -0.2) is 4.68 Å². The van der Waals surface area contributed by atoms with E-state index in [2.05, 4.69) is 20.7 Å². The second-order valence-electron chi connectivity index (χ2n) is 7.57. The number of hydrogen-bond acceptors (Lipinski definition) is 5. The van der Waals surface area contributed by atoms with Crippen LogP contribution in [0.3, 0.4) is 0 Å². The lowest BCUT2D eigenvalue weighted by molar-refractivity contribution is 0.102. The van der Waals surface area contributed by atoms with Crippen molar-refractivity contribution in [2.24, 2.45) is 0 Å². The predicted molar refractivity (Wildman–Crippen MR) is 134 cm³/mol. The number of fused-ring (bicyclic) bond motifs is 1. The van der Waals surface area contributed by atoms with Crippen LogP contribution in [-0.4, -0.2) is 27.8 Å². The van der Waals surface area contributed by atoms with Crippen LogP contribution < -0.4 is 15.4 Å². The van der Waals surface area contributed by atoms with E-state index in [0.717, 1.165) is 16.8 Å². The molecule has 1 aromatic heterocycles. The first-order valence-electron chi connectivity index (χ1n) is 10.4. The summed E-state index contributed by atoms with van der Waals surface area (Å²) in [7, 11) is 1.55. The molecule has 34 heavy (non-hydrogen) atoms. The van der Waals surface area contributed by atoms with E-state index in [1.807, 2.05) is 54.6 Å². The number of methoxy groups -OCH3 is 1. The van der Waals surface area contributed by atoms with Crippen LogP contribution in [0.25, 0.3) is 5.70 Å². The van der Waals surface area contributed by atoms with Crippen LogP contribution in [0.2, 0.25) is 10.0 Å². The SMILES string of the molecule is COc1cccc(C(=O)Nc2nc3n(n2)[C@@H](c2ccccc2Cl)C=C(c2ccc(Cl)cc2)N3)c1. The first-order chi connectivity index (χ1) is 16.5. The lowest BCUT2D eigenvalue weighted by Crippen LogP contribution is -2.20. The minimum atomic E-state index is -0.345. The fourth-order valence-electron chi connectivity index (χ4n) is 3.72. The number of halogens is 2. The van der Waals surface area contributed by atoms with Crippen LogP contribution in [0.4, 0.5) is 11.9 Å². The predicted octanol–water partition coefficient (Wildman–Crippen LogP) is 5.90. The van der Waals surface area contributed by atoms with Crippen molar-refractivity contribution in [1.29, 1.82) is 0 Å². The lowest BCUT2D eigenvalue weighted by atomic mass is 10.0. The van der Waals surface area contributed by atoms with E-state index in [0.29, 0.717) is 27.3 Å². The van der Waals surface area contributed by atoms with Crippen molar-refractivity contribution in [2.45, 2.75) is 6.04 Å². The lowest BCUT2D eigenvalue weighted by Gasteiger charge is -2.24. The molecule has 0 spiro atoms. The maximum atomic E-state index is 12.8. The van der Waals surface area contributed by atoms with Gasteiger partial charge in [-0.1, -0.05) is 59.6 Å². The Hall–Kier alpha value is -3.81. The Bertz CT molecular complexity index is 1400. The molecule has 0 aliphatic carbocycles. The highest BCUT2D eigenvalue weighted by molar-refractivity contribution is 6.31. The number of benzene rings is 3. The summed E-state index contributed by atoms with van der Waals surface area (Å²) in [6, 6.07) is 21.6. The Balaban J connectivity index is 1.51. The van der Waals surface area contributed by atoms with Gasteiger partial charge in [0.2, 0.25) is 5.95 Å². The molecule has 0 unspecified atom stereocenters. The van der Waals surface area contributed by atoms with Crippen molar-refractivity contribution in [1.82, 2.24) is 14.8 Å². The number of allylic oxidation sites excluding steroid dienone is 1. The summed E-state index contributed by atoms with van der Waals surface area (Å²) in [6.45, 7) is 0. The van der Waals surface area contributed by atoms with Crippen molar-refractivity contribution in [3.8, 4) is 5.75 Å². The van der Waals surface area contributed by atoms with E-state index in [1.54, 1.807) is 36.1 Å². The van der Waals surface area contributed by atoms with Gasteiger partial charge in [0.05, 0.1) is 7.11 Å². The molecular formula is C25H19Cl2N5O2. The number of carbonyl (C=O) groups excluding carboxylic acids is 1. The van der Waals surface area contributed by atoms with Gasteiger partial charge < -0.3 is 10.1 Å². The Kier molecular flexibility index (Phi) is 5.96. The standard InChI is InChI=1S/C25H19Cl2N5O2/c1-34-18-6-4-5-16(13-18)23(33)29-24-30-25-28-21(15-9-11-17(26)12-10-15)14-22(32(25)31-24)19-7-2-3-8-20(19)27/h2-14,22H,1H3,(H2,28,29,30,31,33)/t22-/m1/s1. The van der Waals surface area contributed by atoms with Gasteiger partial charge in [-0.05, 0) is 53.6 Å². The molecule has 4 aromatic rings. The van der Waals surface area contributed by atoms with E-state index in [1.165, 1.54) is 0 Å². The largest absolute Gasteiger partial charge is 0.497 e. The summed E-state index contributed by atoms with van der Waals surface area (Å²) in [6.07, 6.45) is 2.01. The molecular weight excluding hydrogens is 473 g/mol. The molecule has 1 aliphatic rings. The number of carbonyl (C=O) groups is 1. The Morgan fingerprint density at radius 3 is 2.62 bits per heavy atom. The number of nitrogens with zero attached hydrogens (tertiary/aromatic N) is 3. The number of aromatic nitrogens is 3. The van der Waals surface area contributed by atoms with Crippen molar-refractivity contribution < 1.29 is 9.53 Å². The zero-order valence-corrected chi connectivity index (χ0v) is 19.5. The molecule has 0 bridgehead atoms. The third-order valence-corrected chi connectivity index (χ3v) is 6.00. The van der Waals surface area contributed by atoms with Crippen LogP contribution in [0.5, 0.6) is 5.75 Å². The molecule has 1 amide bonds. The summed E-state index contributed by atoms with van der Waals surface area (Å²) in [5.74, 6) is 0.875. The maximum Gasteiger partial charge on any atom is 0.258 e. The molecule has 0 radical (unpaired) electrons. The van der Waals surface area contributed by atoms with Gasteiger partial charge in [0.25, 0.3) is 11.9 Å². The molecule has 0 saturated carbocycles. The fourth-order valence-corrected chi connectivity index (χ4v) is 4.09. The molecule has 170 valence electrons. The van der Waals surface area contributed by atoms with E-state index in [-0.39, 0.29) is 17.9 Å². The van der Waals surface area contributed by atoms with E-state index < -0.39 is 0 Å². The van der Waals surface area contributed by atoms with Crippen molar-refractivity contribution in [3.05, 3.63) is 106 Å². The Morgan fingerprint density at radius 1 is 1.06 bits per heavy atom. The second kappa shape index (κ2) is 9.21. The number of rotatable bonds is 5. The average molecular weight is 492 g/mol. The van der Waals surface area contributed by atoms with E-state index in [9.17, 15) is 4.79 Å². The van der Waals surface area contributed by atoms with Crippen molar-refractivity contribution >= 4 is 46.7 Å². The van der Waals surface area contributed by atoms with Crippen LogP contribution in [0.1, 0.15) is 27.5 Å². The molecule has 5 rings (SSSR count). The van der Waals surface area contributed by atoms with Crippen LogP contribution in [-0.2, 0) is 0 Å². The Morgan fingerprint density at radius 2 is 1.85 bits per heavy atom. The molecule has 0 fully saturated rings. The molecule has 1 aliphatic heterocycles. The van der Waals surface area contributed by atoms with Gasteiger partial charge in [-0.2, -0.15) is 4.98 Å². The van der Waals surface area contributed by atoms with Gasteiger partial charge in [-0.15, -0.1) is 5.10 Å². The minimum Gasteiger partial charge on any atom is -0.497 e. The summed E-state index contributed by atoms with van der Waals surface area (Å²) in [5, 5.41) is 11.9. The average Bonchev–Trinajstić information content (AvgIpc) is 3.26. The monoisotopic (exact) mass is 491 g/mol. The smallest absolute Gasteiger partial charge is 0.258 e. The maximum absolute atomic E-state index is 12.8. The van der Waals surface area contributed by atoms with Gasteiger partial charge in [-0.3, -0.25) is 10.1 Å². The third-order valence-electron chi connectivity index (χ3n) is 5.40. The zero-order chi connectivity index (χ0) is 23.7. The van der Waals surface area contributed by atoms with Crippen LogP contribution in [0, 0.1) is 0 Å². The Labute approximate surface area is 206 Å². The highest BCUT2D eigenvalue weighted by Gasteiger charge is 2.27. The topological polar surface area (TPSA) is 81.1 Å². The van der Waals surface area contributed by atoms with Gasteiger partial charge in [0.1, 0.15) is 11.8 Å². The molecule has 3 aromatic carbocycles. The second-order valence-corrected chi connectivity index (χ2v) is 8.41. The van der Waals surface area contributed by atoms with E-state index >= 15 is 0 Å². The highest BCUT2D eigenvalue weighted by atomic mass is 35.5. The number of ether oxygens (including phenoxy) is 1. The normalized spacial score (nSPS) is 14.6. The number of nitrogens with one attached hydrogen (secondary N) is 2. The molecule has 9 heteroatoms. The van der Waals surface area contributed by atoms with E-state index in [4.69, 9.17) is 27.9 Å². The molecule has 2 heterocycles. The first-order valence-corrected chi connectivity index (χ1v) is 11.2. The highest BCUT2D eigenvalue weighted by Crippen LogP contribution is 2.36. The molecule has 0 saturated heterocycles. The summed E-state index contributed by atoms with van der Waals surface area (Å²) in [5.41, 5.74) is 3.04. The summed E-state index contributed by atoms with van der Waals surface area (Å²) < 4.78 is 6.90. The van der Waals surface area contributed by atoms with Gasteiger partial charge in [0.15, 0.2) is 0 Å². The number of hydrogen-bond donors (Lipinski definition) is 2. The van der Waals surface area contributed by atoms with Crippen molar-refractivity contribution in [3.63, 3.8) is 0 Å². The fraction of sp³-hybridized carbons (Fsp3) is 0.0800. The third kappa shape index (κ3) is 4.35. The summed E-state index contributed by atoms with van der Waals surface area (Å²) >= 11 is 12.6. The van der Waals surface area contributed by atoms with Crippen molar-refractivity contribution in [2.75, 3.05) is 17.7 Å². The molecule has 2 N–H and O–H groups in total. The first kappa shape index (κ1) is 22.0. The molecule has 7 nitrogen and oxygen atoms in total. The van der Waals surface area contributed by atoms with Crippen LogP contribution >= 0.6 is 23.2 Å². The minimum absolute atomic E-state index is 0.165.